The van der Waals surface area contributed by atoms with Gasteiger partial charge in [0.2, 0.25) is 0 Å². The lowest BCUT2D eigenvalue weighted by Gasteiger charge is -2.29. The van der Waals surface area contributed by atoms with Crippen molar-refractivity contribution in [2.24, 2.45) is 5.92 Å². The average molecular weight is 170 g/mol. The van der Waals surface area contributed by atoms with Crippen molar-refractivity contribution >= 4 is 0 Å². The summed E-state index contributed by atoms with van der Waals surface area (Å²) >= 11 is 0. The number of halogens is 2. The Balaban J connectivity index is 2.26. The van der Waals surface area contributed by atoms with E-state index in [2.05, 4.69) is 0 Å². The van der Waals surface area contributed by atoms with Gasteiger partial charge in [-0.2, -0.15) is 0 Å². The van der Waals surface area contributed by atoms with Crippen LogP contribution < -0.4 is 0 Å². The minimum atomic E-state index is -1.08. The van der Waals surface area contributed by atoms with Gasteiger partial charge in [-0.1, -0.05) is 12.2 Å². The molecule has 0 spiro atoms. The zero-order valence-corrected chi connectivity index (χ0v) is 6.84. The van der Waals surface area contributed by atoms with Gasteiger partial charge in [-0.3, -0.25) is 0 Å². The Labute approximate surface area is 71.0 Å². The third kappa shape index (κ3) is 1.30. The molecule has 0 saturated heterocycles. The Morgan fingerprint density at radius 3 is 3.00 bits per heavy atom. The number of alkyl halides is 2. The molecule has 0 N–H and O–H groups in total. The highest BCUT2D eigenvalue weighted by Gasteiger charge is 2.31. The molecular weight excluding hydrogens is 158 g/mol. The van der Waals surface area contributed by atoms with Gasteiger partial charge in [0, 0.05) is 12.3 Å². The van der Waals surface area contributed by atoms with Crippen molar-refractivity contribution in [2.45, 2.75) is 31.6 Å². The van der Waals surface area contributed by atoms with Crippen molar-refractivity contribution in [1.29, 1.82) is 0 Å². The number of hydrogen-bond donors (Lipinski definition) is 0. The highest BCUT2D eigenvalue weighted by molar-refractivity contribution is 5.29. The molecular formula is C10H12F2. The van der Waals surface area contributed by atoms with E-state index >= 15 is 0 Å². The standard InChI is InChI=1S/C10H12F2/c11-8-5-7-3-1-2-4-9(7)10(12)6-8/h1,3,5,8-10H,2,4,6H2. The Morgan fingerprint density at radius 1 is 1.33 bits per heavy atom. The summed E-state index contributed by atoms with van der Waals surface area (Å²) in [6.45, 7) is 0. The first kappa shape index (κ1) is 7.96. The highest BCUT2D eigenvalue weighted by atomic mass is 19.1. The summed E-state index contributed by atoms with van der Waals surface area (Å²) in [5, 5.41) is 0. The Morgan fingerprint density at radius 2 is 2.17 bits per heavy atom. The highest BCUT2D eigenvalue weighted by Crippen LogP contribution is 2.35. The molecule has 3 atom stereocenters. The van der Waals surface area contributed by atoms with Gasteiger partial charge in [0.1, 0.15) is 12.3 Å². The molecule has 0 amide bonds. The molecule has 0 saturated carbocycles. The fourth-order valence-corrected chi connectivity index (χ4v) is 2.01. The van der Waals surface area contributed by atoms with E-state index in [1.165, 1.54) is 0 Å². The monoisotopic (exact) mass is 170 g/mol. The van der Waals surface area contributed by atoms with Crippen LogP contribution >= 0.6 is 0 Å². The smallest absolute Gasteiger partial charge is 0.122 e. The summed E-state index contributed by atoms with van der Waals surface area (Å²) in [6.07, 6.45) is 5.21. The molecule has 66 valence electrons. The molecule has 12 heavy (non-hydrogen) atoms. The lowest BCUT2D eigenvalue weighted by molar-refractivity contribution is 0.175. The molecule has 0 heterocycles. The van der Waals surface area contributed by atoms with Crippen molar-refractivity contribution in [2.75, 3.05) is 0 Å². The van der Waals surface area contributed by atoms with E-state index in [9.17, 15) is 8.78 Å². The summed E-state index contributed by atoms with van der Waals surface area (Å²) in [5.41, 5.74) is 0.868. The average Bonchev–Trinajstić information content (AvgIpc) is 2.04. The summed E-state index contributed by atoms with van der Waals surface area (Å²) in [5.74, 6) is -0.0259. The largest absolute Gasteiger partial charge is 0.247 e. The van der Waals surface area contributed by atoms with E-state index in [1.54, 1.807) is 6.08 Å². The van der Waals surface area contributed by atoms with E-state index in [0.717, 1.165) is 18.4 Å². The Hall–Kier alpha value is -0.660. The summed E-state index contributed by atoms with van der Waals surface area (Å²) in [4.78, 5) is 0. The maximum Gasteiger partial charge on any atom is 0.122 e. The van der Waals surface area contributed by atoms with E-state index in [-0.39, 0.29) is 12.3 Å². The molecule has 2 heteroatoms. The molecule has 0 fully saturated rings. The molecule has 0 nitrogen and oxygen atoms in total. The second-order valence-corrected chi connectivity index (χ2v) is 3.52. The van der Waals surface area contributed by atoms with Crippen molar-refractivity contribution in [3.05, 3.63) is 23.8 Å². The summed E-state index contributed by atoms with van der Waals surface area (Å²) in [7, 11) is 0. The maximum absolute atomic E-state index is 13.3. The second-order valence-electron chi connectivity index (χ2n) is 3.52. The van der Waals surface area contributed by atoms with Crippen molar-refractivity contribution in [1.82, 2.24) is 0 Å². The van der Waals surface area contributed by atoms with Crippen LogP contribution in [0.1, 0.15) is 19.3 Å². The van der Waals surface area contributed by atoms with Crippen LogP contribution in [0.3, 0.4) is 0 Å². The van der Waals surface area contributed by atoms with E-state index in [0.29, 0.717) is 0 Å². The van der Waals surface area contributed by atoms with Gasteiger partial charge >= 0.3 is 0 Å². The quantitative estimate of drug-likeness (QED) is 0.524. The number of hydrogen-bond acceptors (Lipinski definition) is 0. The molecule has 2 aliphatic carbocycles. The molecule has 0 aromatic carbocycles. The zero-order chi connectivity index (χ0) is 8.55. The topological polar surface area (TPSA) is 0 Å². The van der Waals surface area contributed by atoms with Gasteiger partial charge < -0.3 is 0 Å². The minimum Gasteiger partial charge on any atom is -0.247 e. The summed E-state index contributed by atoms with van der Waals surface area (Å²) < 4.78 is 26.1. The van der Waals surface area contributed by atoms with E-state index in [1.807, 2.05) is 12.2 Å². The SMILES string of the molecule is FC1C=C2C=CCCC2C(F)C1. The van der Waals surface area contributed by atoms with Crippen molar-refractivity contribution in [3.63, 3.8) is 0 Å². The predicted octanol–water partition coefficient (Wildman–Crippen LogP) is 2.96. The number of rotatable bonds is 0. The van der Waals surface area contributed by atoms with Crippen molar-refractivity contribution in [3.8, 4) is 0 Å². The van der Waals surface area contributed by atoms with Crippen LogP contribution in [-0.2, 0) is 0 Å². The van der Waals surface area contributed by atoms with Crippen LogP contribution in [0, 0.1) is 5.92 Å². The Bertz CT molecular complexity index is 230. The van der Waals surface area contributed by atoms with Crippen molar-refractivity contribution < 1.29 is 8.78 Å². The first-order valence-corrected chi connectivity index (χ1v) is 4.44. The second kappa shape index (κ2) is 3.00. The van der Waals surface area contributed by atoms with Crippen LogP contribution in [0.25, 0.3) is 0 Å². The molecule has 0 aromatic heterocycles. The lowest BCUT2D eigenvalue weighted by atomic mass is 9.79. The van der Waals surface area contributed by atoms with E-state index in [4.69, 9.17) is 0 Å². The Kier molecular flexibility index (Phi) is 1.99. The third-order valence-corrected chi connectivity index (χ3v) is 2.64. The van der Waals surface area contributed by atoms with Crippen LogP contribution in [0.5, 0.6) is 0 Å². The first-order valence-electron chi connectivity index (χ1n) is 4.44. The lowest BCUT2D eigenvalue weighted by Crippen LogP contribution is -2.27. The minimum absolute atomic E-state index is 0.0259. The van der Waals surface area contributed by atoms with Gasteiger partial charge in [0.15, 0.2) is 0 Å². The fraction of sp³-hybridized carbons (Fsp3) is 0.600. The normalized spacial score (nSPS) is 40.5. The predicted molar refractivity (Wildman–Crippen MR) is 44.4 cm³/mol. The van der Waals surface area contributed by atoms with E-state index < -0.39 is 12.3 Å². The van der Waals surface area contributed by atoms with Crippen LogP contribution in [0.2, 0.25) is 0 Å². The third-order valence-electron chi connectivity index (χ3n) is 2.64. The van der Waals surface area contributed by atoms with Crippen LogP contribution in [0.4, 0.5) is 8.78 Å². The summed E-state index contributed by atoms with van der Waals surface area (Å²) in [6, 6.07) is 0. The number of fused-ring (bicyclic) bond motifs is 1. The first-order chi connectivity index (χ1) is 5.77. The molecule has 0 aromatic rings. The molecule has 2 aliphatic rings. The molecule has 2 rings (SSSR count). The van der Waals surface area contributed by atoms with Gasteiger partial charge in [0.05, 0.1) is 0 Å². The van der Waals surface area contributed by atoms with Gasteiger partial charge in [-0.05, 0) is 24.5 Å². The van der Waals surface area contributed by atoms with Crippen LogP contribution in [0.15, 0.2) is 23.8 Å². The van der Waals surface area contributed by atoms with Crippen LogP contribution in [-0.4, -0.2) is 12.3 Å². The zero-order valence-electron chi connectivity index (χ0n) is 6.84. The molecule has 3 unspecified atom stereocenters. The fourth-order valence-electron chi connectivity index (χ4n) is 2.01. The molecule has 0 aliphatic heterocycles. The van der Waals surface area contributed by atoms with Gasteiger partial charge in [-0.15, -0.1) is 0 Å². The maximum atomic E-state index is 13.3. The molecule has 0 radical (unpaired) electrons. The van der Waals surface area contributed by atoms with Gasteiger partial charge in [-0.25, -0.2) is 8.78 Å². The van der Waals surface area contributed by atoms with Gasteiger partial charge in [0.25, 0.3) is 0 Å². The molecule has 0 bridgehead atoms. The number of allylic oxidation sites excluding steroid dienone is 4.